The third-order valence-corrected chi connectivity index (χ3v) is 2.35. The average Bonchev–Trinajstić information content (AvgIpc) is 2.13. The molecule has 0 heterocycles. The summed E-state index contributed by atoms with van der Waals surface area (Å²) < 4.78 is 13.2. The fourth-order valence-electron chi connectivity index (χ4n) is 1.20. The van der Waals surface area contributed by atoms with Crippen LogP contribution < -0.4 is 0 Å². The highest BCUT2D eigenvalue weighted by molar-refractivity contribution is 6.30. The largest absolute Gasteiger partial charge is 0.481 e. The van der Waals surface area contributed by atoms with Gasteiger partial charge in [0.05, 0.1) is 5.02 Å². The lowest BCUT2D eigenvalue weighted by Gasteiger charge is -2.06. The average molecular weight is 217 g/mol. The Balaban J connectivity index is 2.88. The van der Waals surface area contributed by atoms with E-state index >= 15 is 0 Å². The fourth-order valence-corrected chi connectivity index (χ4v) is 1.41. The molecule has 0 amide bonds. The topological polar surface area (TPSA) is 37.3 Å². The zero-order valence-corrected chi connectivity index (χ0v) is 8.44. The molecule has 0 atom stereocenters. The van der Waals surface area contributed by atoms with Crippen molar-refractivity contribution < 1.29 is 14.3 Å². The lowest BCUT2D eigenvalue weighted by Crippen LogP contribution is -2.00. The molecule has 0 saturated carbocycles. The Bertz CT molecular complexity index is 363. The van der Waals surface area contributed by atoms with Crippen LogP contribution in [0.4, 0.5) is 4.39 Å². The van der Waals surface area contributed by atoms with Crippen LogP contribution in [0.2, 0.25) is 5.02 Å². The number of hydrogen-bond donors (Lipinski definition) is 1. The number of benzene rings is 1. The number of hydrogen-bond acceptors (Lipinski definition) is 1. The van der Waals surface area contributed by atoms with Gasteiger partial charge in [0.1, 0.15) is 5.82 Å². The smallest absolute Gasteiger partial charge is 0.303 e. The maximum absolute atomic E-state index is 13.2. The lowest BCUT2D eigenvalue weighted by molar-refractivity contribution is -0.136. The summed E-state index contributed by atoms with van der Waals surface area (Å²) in [5, 5.41) is 8.54. The summed E-state index contributed by atoms with van der Waals surface area (Å²) in [4.78, 5) is 10.3. The number of carboxylic acid groups (broad SMARTS) is 1. The van der Waals surface area contributed by atoms with E-state index in [0.717, 1.165) is 0 Å². The van der Waals surface area contributed by atoms with Crippen molar-refractivity contribution >= 4 is 17.6 Å². The van der Waals surface area contributed by atoms with E-state index in [9.17, 15) is 9.18 Å². The van der Waals surface area contributed by atoms with E-state index in [-0.39, 0.29) is 11.4 Å². The van der Waals surface area contributed by atoms with Crippen LogP contribution in [0.3, 0.4) is 0 Å². The second-order valence-electron chi connectivity index (χ2n) is 3.04. The predicted molar refractivity (Wildman–Crippen MR) is 52.1 cm³/mol. The minimum Gasteiger partial charge on any atom is -0.481 e. The molecule has 1 aromatic rings. The highest BCUT2D eigenvalue weighted by atomic mass is 35.5. The van der Waals surface area contributed by atoms with Crippen molar-refractivity contribution in [2.24, 2.45) is 0 Å². The Morgan fingerprint density at radius 1 is 1.57 bits per heavy atom. The summed E-state index contributed by atoms with van der Waals surface area (Å²) in [6, 6.07) is 3.10. The summed E-state index contributed by atoms with van der Waals surface area (Å²) in [6.07, 6.45) is 0.331. The molecule has 4 heteroatoms. The molecule has 0 aliphatic carbocycles. The second kappa shape index (κ2) is 4.42. The number of halogens is 2. The van der Waals surface area contributed by atoms with Crippen LogP contribution in [0.1, 0.15) is 17.5 Å². The summed E-state index contributed by atoms with van der Waals surface area (Å²) >= 11 is 5.56. The molecule has 0 radical (unpaired) electrons. The highest BCUT2D eigenvalue weighted by Crippen LogP contribution is 2.21. The van der Waals surface area contributed by atoms with Crippen molar-refractivity contribution in [1.29, 1.82) is 0 Å². The van der Waals surface area contributed by atoms with Gasteiger partial charge in [-0.15, -0.1) is 0 Å². The Morgan fingerprint density at radius 2 is 2.21 bits per heavy atom. The van der Waals surface area contributed by atoms with Gasteiger partial charge in [0.2, 0.25) is 0 Å². The lowest BCUT2D eigenvalue weighted by atomic mass is 10.0. The first kappa shape index (κ1) is 11.0. The van der Waals surface area contributed by atoms with E-state index in [1.54, 1.807) is 13.0 Å². The second-order valence-corrected chi connectivity index (χ2v) is 3.45. The van der Waals surface area contributed by atoms with Gasteiger partial charge in [-0.2, -0.15) is 0 Å². The normalized spacial score (nSPS) is 10.2. The third-order valence-electron chi connectivity index (χ3n) is 2.06. The minimum absolute atomic E-state index is 0.00190. The van der Waals surface area contributed by atoms with Crippen molar-refractivity contribution in [2.45, 2.75) is 19.8 Å². The van der Waals surface area contributed by atoms with Crippen LogP contribution >= 0.6 is 11.6 Å². The van der Waals surface area contributed by atoms with Crippen molar-refractivity contribution in [3.05, 3.63) is 34.1 Å². The Labute approximate surface area is 86.3 Å². The first-order chi connectivity index (χ1) is 6.52. The number of carbonyl (C=O) groups is 1. The van der Waals surface area contributed by atoms with E-state index in [4.69, 9.17) is 16.7 Å². The molecule has 0 aromatic heterocycles. The Kier molecular flexibility index (Phi) is 3.47. The van der Waals surface area contributed by atoms with E-state index in [1.165, 1.54) is 6.07 Å². The fraction of sp³-hybridized carbons (Fsp3) is 0.300. The molecular formula is C10H10ClFO2. The highest BCUT2D eigenvalue weighted by Gasteiger charge is 2.09. The molecule has 1 rings (SSSR count). The quantitative estimate of drug-likeness (QED) is 0.844. The van der Waals surface area contributed by atoms with E-state index in [2.05, 4.69) is 0 Å². The van der Waals surface area contributed by atoms with E-state index in [0.29, 0.717) is 17.5 Å². The zero-order chi connectivity index (χ0) is 10.7. The van der Waals surface area contributed by atoms with Crippen LogP contribution in [0.5, 0.6) is 0 Å². The molecule has 1 aromatic carbocycles. The van der Waals surface area contributed by atoms with Gasteiger partial charge in [0.15, 0.2) is 0 Å². The molecule has 76 valence electrons. The predicted octanol–water partition coefficient (Wildman–Crippen LogP) is 2.80. The van der Waals surface area contributed by atoms with Gasteiger partial charge in [-0.3, -0.25) is 4.79 Å². The van der Waals surface area contributed by atoms with E-state index in [1.807, 2.05) is 0 Å². The van der Waals surface area contributed by atoms with Gasteiger partial charge in [-0.25, -0.2) is 4.39 Å². The van der Waals surface area contributed by atoms with Gasteiger partial charge in [-0.1, -0.05) is 17.7 Å². The Hall–Kier alpha value is -1.09. The molecule has 1 N–H and O–H groups in total. The molecular weight excluding hydrogens is 207 g/mol. The standard InChI is InChI=1S/C10H10ClFO2/c1-6-7(3-5-9(13)14)2-4-8(11)10(6)12/h2,4H,3,5H2,1H3,(H,13,14). The van der Waals surface area contributed by atoms with Crippen LogP contribution in [-0.4, -0.2) is 11.1 Å². The number of aryl methyl sites for hydroxylation is 1. The first-order valence-corrected chi connectivity index (χ1v) is 4.55. The number of rotatable bonds is 3. The van der Waals surface area contributed by atoms with Crippen LogP contribution in [0.15, 0.2) is 12.1 Å². The summed E-state index contributed by atoms with van der Waals surface area (Å²) in [6.45, 7) is 1.60. The zero-order valence-electron chi connectivity index (χ0n) is 7.68. The van der Waals surface area contributed by atoms with E-state index < -0.39 is 11.8 Å². The van der Waals surface area contributed by atoms with Gasteiger partial charge >= 0.3 is 5.97 Å². The van der Waals surface area contributed by atoms with Gasteiger partial charge in [-0.05, 0) is 30.5 Å². The maximum Gasteiger partial charge on any atom is 0.303 e. The SMILES string of the molecule is Cc1c(CCC(=O)O)ccc(Cl)c1F. The van der Waals surface area contributed by atoms with Gasteiger partial charge in [0.25, 0.3) is 0 Å². The van der Waals surface area contributed by atoms with Crippen molar-refractivity contribution in [1.82, 2.24) is 0 Å². The van der Waals surface area contributed by atoms with Crippen LogP contribution in [0.25, 0.3) is 0 Å². The molecule has 0 aliphatic heterocycles. The molecule has 0 aliphatic rings. The molecule has 2 nitrogen and oxygen atoms in total. The van der Waals surface area contributed by atoms with Crippen molar-refractivity contribution in [3.63, 3.8) is 0 Å². The molecule has 0 spiro atoms. The minimum atomic E-state index is -0.889. The van der Waals surface area contributed by atoms with Gasteiger partial charge in [0, 0.05) is 6.42 Å². The summed E-state index contributed by atoms with van der Waals surface area (Å²) in [7, 11) is 0. The van der Waals surface area contributed by atoms with Crippen LogP contribution in [-0.2, 0) is 11.2 Å². The molecule has 0 saturated heterocycles. The molecule has 14 heavy (non-hydrogen) atoms. The third kappa shape index (κ3) is 2.45. The summed E-state index contributed by atoms with van der Waals surface area (Å²) in [5.74, 6) is -1.35. The monoisotopic (exact) mass is 216 g/mol. The van der Waals surface area contributed by atoms with Crippen molar-refractivity contribution in [3.8, 4) is 0 Å². The molecule has 0 fully saturated rings. The van der Waals surface area contributed by atoms with Crippen LogP contribution in [0, 0.1) is 12.7 Å². The maximum atomic E-state index is 13.2. The molecule has 0 bridgehead atoms. The number of carboxylic acids is 1. The Morgan fingerprint density at radius 3 is 2.79 bits per heavy atom. The van der Waals surface area contributed by atoms with Crippen molar-refractivity contribution in [2.75, 3.05) is 0 Å². The summed E-state index contributed by atoms with van der Waals surface area (Å²) in [5.41, 5.74) is 1.12. The number of aliphatic carboxylic acids is 1. The first-order valence-electron chi connectivity index (χ1n) is 4.17. The van der Waals surface area contributed by atoms with Gasteiger partial charge < -0.3 is 5.11 Å². The molecule has 0 unspecified atom stereocenters.